The van der Waals surface area contributed by atoms with Crippen molar-refractivity contribution >= 4 is 59.0 Å². The van der Waals surface area contributed by atoms with Gasteiger partial charge in [0, 0.05) is 11.1 Å². The van der Waals surface area contributed by atoms with Crippen molar-refractivity contribution in [1.82, 2.24) is 0 Å². The van der Waals surface area contributed by atoms with Gasteiger partial charge in [0.15, 0.2) is 21.4 Å². The molecule has 0 fully saturated rings. The zero-order valence-corrected chi connectivity index (χ0v) is 28.7. The average Bonchev–Trinajstić information content (AvgIpc) is 2.86. The van der Waals surface area contributed by atoms with E-state index in [0.717, 1.165) is 18.2 Å². The molecule has 3 aromatic carbocycles. The second-order valence-electron chi connectivity index (χ2n) is 8.28. The van der Waals surface area contributed by atoms with Gasteiger partial charge < -0.3 is 24.9 Å². The molecule has 0 amide bonds. The molecule has 3 N–H and O–H groups in total. The molecule has 0 saturated carbocycles. The third-order valence-electron chi connectivity index (χ3n) is 5.85. The Morgan fingerprint density at radius 1 is 0.833 bits per heavy atom. The second-order valence-corrected chi connectivity index (χ2v) is 12.8. The van der Waals surface area contributed by atoms with Gasteiger partial charge >= 0.3 is 59.1 Å². The number of sulfone groups is 1. The van der Waals surface area contributed by atoms with Crippen molar-refractivity contribution in [3.8, 4) is 5.75 Å². The molecule has 0 radical (unpaired) electrons. The topological polar surface area (TPSA) is 239 Å². The Morgan fingerprint density at radius 2 is 1.40 bits per heavy atom. The average molecular weight is 657 g/mol. The van der Waals surface area contributed by atoms with Crippen LogP contribution in [0.1, 0.15) is 31.8 Å². The zero-order valence-electron chi connectivity index (χ0n) is 22.2. The van der Waals surface area contributed by atoms with Crippen LogP contribution in [-0.2, 0) is 34.5 Å². The number of benzene rings is 3. The maximum absolute atomic E-state index is 13.5. The van der Waals surface area contributed by atoms with Gasteiger partial charge in [0.25, 0.3) is 0 Å². The molecule has 1 aliphatic carbocycles. The summed E-state index contributed by atoms with van der Waals surface area (Å²) in [6, 6.07) is 9.74. The Labute approximate surface area is 285 Å². The summed E-state index contributed by atoms with van der Waals surface area (Å²) < 4.78 is 103. The van der Waals surface area contributed by atoms with Gasteiger partial charge in [0.1, 0.15) is 15.9 Å². The van der Waals surface area contributed by atoms with Crippen LogP contribution in [0.2, 0.25) is 0 Å². The smallest absolute Gasteiger partial charge is 0.744 e. The van der Waals surface area contributed by atoms with E-state index in [1.165, 1.54) is 37.4 Å². The number of methoxy groups -OCH3 is 1. The van der Waals surface area contributed by atoms with E-state index in [1.807, 2.05) is 0 Å². The van der Waals surface area contributed by atoms with E-state index in [4.69, 9.17) is 10.5 Å². The normalized spacial score (nSPS) is 12.8. The number of nitrogen functional groups attached to an aromatic ring is 1. The monoisotopic (exact) mass is 656 g/mol. The minimum Gasteiger partial charge on any atom is -0.744 e. The molecular formula is C23H18N2Na2O12S3. The number of hydrogen-bond donors (Lipinski definition) is 2. The van der Waals surface area contributed by atoms with Crippen LogP contribution in [0.3, 0.4) is 0 Å². The molecule has 0 atom stereocenters. The van der Waals surface area contributed by atoms with E-state index in [9.17, 15) is 43.9 Å². The summed E-state index contributed by atoms with van der Waals surface area (Å²) in [5, 5.41) is 2.67. The van der Waals surface area contributed by atoms with Crippen molar-refractivity contribution in [3.63, 3.8) is 0 Å². The van der Waals surface area contributed by atoms with Crippen molar-refractivity contribution < 1.29 is 112 Å². The Bertz CT molecular complexity index is 1910. The fraction of sp³-hybridized carbons (Fsp3) is 0.130. The Balaban J connectivity index is 0.00000308. The summed E-state index contributed by atoms with van der Waals surface area (Å²) in [5.41, 5.74) is 3.71. The van der Waals surface area contributed by atoms with Gasteiger partial charge in [-0.05, 0) is 24.3 Å². The van der Waals surface area contributed by atoms with Gasteiger partial charge in [-0.2, -0.15) is 0 Å². The minimum absolute atomic E-state index is 0. The fourth-order valence-corrected chi connectivity index (χ4v) is 6.22. The molecule has 42 heavy (non-hydrogen) atoms. The van der Waals surface area contributed by atoms with Crippen LogP contribution in [0, 0.1) is 0 Å². The van der Waals surface area contributed by atoms with Gasteiger partial charge in [-0.1, -0.05) is 24.3 Å². The number of hydrogen-bond acceptors (Lipinski definition) is 14. The Morgan fingerprint density at radius 3 is 1.93 bits per heavy atom. The molecule has 0 unspecified atom stereocenters. The van der Waals surface area contributed by atoms with E-state index in [0.29, 0.717) is 0 Å². The van der Waals surface area contributed by atoms with Crippen molar-refractivity contribution in [3.05, 3.63) is 70.8 Å². The first-order valence-electron chi connectivity index (χ1n) is 10.9. The van der Waals surface area contributed by atoms with Gasteiger partial charge in [-0.25, -0.2) is 25.3 Å². The molecule has 0 saturated heterocycles. The predicted octanol–water partition coefficient (Wildman–Crippen LogP) is -5.04. The molecule has 3 aromatic rings. The first-order chi connectivity index (χ1) is 18.5. The third kappa shape index (κ3) is 7.43. The van der Waals surface area contributed by atoms with Crippen LogP contribution < -0.4 is 74.9 Å². The zero-order chi connectivity index (χ0) is 29.6. The van der Waals surface area contributed by atoms with Crippen molar-refractivity contribution in [2.45, 2.75) is 9.79 Å². The number of carbonyl (C=O) groups is 2. The molecule has 212 valence electrons. The SMILES string of the molecule is COc1ccc(S(=O)(=O)CCOS(=O)(=O)[O-])cc1Nc1cc(S(=O)(=O)[O-])c(N)c2c1C(=O)c1ccccc1C2=O.[Na+].[Na+]. The third-order valence-corrected chi connectivity index (χ3v) is 8.86. The number of anilines is 3. The minimum atomic E-state index is -5.26. The number of ketones is 2. The molecule has 4 rings (SSSR count). The Hall–Kier alpha value is -1.87. The van der Waals surface area contributed by atoms with E-state index < -0.39 is 75.3 Å². The van der Waals surface area contributed by atoms with Crippen LogP contribution in [0.5, 0.6) is 5.75 Å². The maximum atomic E-state index is 13.5. The molecule has 0 spiro atoms. The van der Waals surface area contributed by atoms with Crippen LogP contribution in [0.25, 0.3) is 0 Å². The summed E-state index contributed by atoms with van der Waals surface area (Å²) in [4.78, 5) is 25.4. The van der Waals surface area contributed by atoms with Crippen molar-refractivity contribution in [2.75, 3.05) is 30.5 Å². The summed E-state index contributed by atoms with van der Waals surface area (Å²) in [5.74, 6) is -2.45. The van der Waals surface area contributed by atoms with E-state index in [1.54, 1.807) is 0 Å². The Kier molecular flexibility index (Phi) is 11.6. The molecule has 0 bridgehead atoms. The van der Waals surface area contributed by atoms with Crippen molar-refractivity contribution in [1.29, 1.82) is 0 Å². The van der Waals surface area contributed by atoms with Crippen LogP contribution >= 0.6 is 0 Å². The number of nitrogens with two attached hydrogens (primary N) is 1. The molecule has 19 heteroatoms. The number of fused-ring (bicyclic) bond motifs is 2. The van der Waals surface area contributed by atoms with E-state index in [-0.39, 0.29) is 92.9 Å². The summed E-state index contributed by atoms with van der Waals surface area (Å²) in [7, 11) is -13.4. The fourth-order valence-electron chi connectivity index (χ4n) is 4.09. The van der Waals surface area contributed by atoms with Crippen LogP contribution in [-0.4, -0.2) is 65.4 Å². The molecule has 0 aromatic heterocycles. The maximum Gasteiger partial charge on any atom is 1.00 e. The largest absolute Gasteiger partial charge is 1.00 e. The first-order valence-corrected chi connectivity index (χ1v) is 15.3. The van der Waals surface area contributed by atoms with E-state index in [2.05, 4.69) is 9.50 Å². The molecular weight excluding hydrogens is 638 g/mol. The predicted molar refractivity (Wildman–Crippen MR) is 136 cm³/mol. The summed E-state index contributed by atoms with van der Waals surface area (Å²) >= 11 is 0. The summed E-state index contributed by atoms with van der Waals surface area (Å²) in [6.45, 7) is -0.963. The van der Waals surface area contributed by atoms with Crippen LogP contribution in [0.4, 0.5) is 17.1 Å². The van der Waals surface area contributed by atoms with E-state index >= 15 is 0 Å². The van der Waals surface area contributed by atoms with Gasteiger partial charge in [-0.3, -0.25) is 13.8 Å². The van der Waals surface area contributed by atoms with Crippen molar-refractivity contribution in [2.24, 2.45) is 0 Å². The van der Waals surface area contributed by atoms with Gasteiger partial charge in [0.2, 0.25) is 10.4 Å². The quantitative estimate of drug-likeness (QED) is 0.0742. The van der Waals surface area contributed by atoms with Crippen LogP contribution in [0.15, 0.2) is 58.3 Å². The molecule has 14 nitrogen and oxygen atoms in total. The van der Waals surface area contributed by atoms with Gasteiger partial charge in [0.05, 0.1) is 57.4 Å². The molecule has 0 aliphatic heterocycles. The number of rotatable bonds is 9. The second kappa shape index (κ2) is 13.4. The number of nitrogens with one attached hydrogen (secondary N) is 1. The first kappa shape index (κ1) is 36.3. The number of carbonyl (C=O) groups excluding carboxylic acids is 2. The molecule has 1 aliphatic rings. The molecule has 0 heterocycles. The summed E-state index contributed by atoms with van der Waals surface area (Å²) in [6.07, 6.45) is 0. The van der Waals surface area contributed by atoms with Gasteiger partial charge in [-0.15, -0.1) is 0 Å². The number of ether oxygens (including phenoxy) is 1. The standard InChI is InChI=1S/C23H20N2O12S3.2Na/c1-36-17-7-6-12(38(28,29)9-8-37-40(33,34)35)10-15(17)25-16-11-18(39(30,31)32)21(24)20-19(16)22(26)13-4-2-3-5-14(13)23(20)27;;/h2-7,10-11,25H,8-9,24H2,1H3,(H,30,31,32)(H,33,34,35);;/q;2*+1/p-2.